The van der Waals surface area contributed by atoms with Gasteiger partial charge in [-0.2, -0.15) is 0 Å². The number of hydrogen-bond acceptors (Lipinski definition) is 9. The number of nitro benzene ring substituents is 1. The lowest BCUT2D eigenvalue weighted by Crippen LogP contribution is -2.38. The van der Waals surface area contributed by atoms with Gasteiger partial charge < -0.3 is 18.9 Å². The van der Waals surface area contributed by atoms with Gasteiger partial charge in [-0.25, -0.2) is 0 Å². The molecule has 0 N–H and O–H groups in total. The average Bonchev–Trinajstić information content (AvgIpc) is 3.35. The molecule has 192 valence electrons. The summed E-state index contributed by atoms with van der Waals surface area (Å²) in [5, 5.41) is 12.2. The number of carbonyl (C=O) groups is 2. The van der Waals surface area contributed by atoms with Gasteiger partial charge in [0, 0.05) is 42.0 Å². The Kier molecular flexibility index (Phi) is 6.75. The first kappa shape index (κ1) is 24.6. The van der Waals surface area contributed by atoms with Crippen LogP contribution < -0.4 is 9.47 Å². The molecule has 0 amide bonds. The van der Waals surface area contributed by atoms with E-state index in [1.807, 2.05) is 30.3 Å². The largest absolute Gasteiger partial charge is 0.463 e. The zero-order chi connectivity index (χ0) is 26.1. The van der Waals surface area contributed by atoms with Crippen LogP contribution >= 0.6 is 0 Å². The summed E-state index contributed by atoms with van der Waals surface area (Å²) in [6, 6.07) is 12.5. The molecule has 0 fully saturated rings. The summed E-state index contributed by atoms with van der Waals surface area (Å²) in [5.74, 6) is -2.32. The molecule has 3 aliphatic rings. The molecule has 10 heteroatoms. The van der Waals surface area contributed by atoms with Crippen LogP contribution in [-0.2, 0) is 19.1 Å². The van der Waals surface area contributed by atoms with Crippen LogP contribution in [0.1, 0.15) is 42.7 Å². The third-order valence-electron chi connectivity index (χ3n) is 7.00. The van der Waals surface area contributed by atoms with Crippen LogP contribution in [0.25, 0.3) is 0 Å². The summed E-state index contributed by atoms with van der Waals surface area (Å²) < 4.78 is 21.3. The molecule has 0 aromatic heterocycles. The highest BCUT2D eigenvalue weighted by Gasteiger charge is 2.47. The number of ether oxygens (including phenoxy) is 4. The van der Waals surface area contributed by atoms with Crippen molar-refractivity contribution in [2.75, 3.05) is 27.1 Å². The minimum Gasteiger partial charge on any atom is -0.463 e. The van der Waals surface area contributed by atoms with Crippen molar-refractivity contribution in [2.45, 2.75) is 31.6 Å². The molecule has 2 aromatic rings. The first-order valence-electron chi connectivity index (χ1n) is 12.0. The first-order chi connectivity index (χ1) is 17.9. The van der Waals surface area contributed by atoms with Gasteiger partial charge in [0.1, 0.15) is 12.5 Å². The minimum absolute atomic E-state index is 0.00496. The van der Waals surface area contributed by atoms with E-state index in [1.54, 1.807) is 6.92 Å². The molecule has 0 bridgehead atoms. The van der Waals surface area contributed by atoms with Crippen LogP contribution in [0.5, 0.6) is 11.5 Å². The molecule has 10 nitrogen and oxygen atoms in total. The fourth-order valence-electron chi connectivity index (χ4n) is 5.33. The molecule has 1 unspecified atom stereocenters. The van der Waals surface area contributed by atoms with Crippen LogP contribution in [0.4, 0.5) is 5.69 Å². The molecular formula is C27H26N2O8. The molecule has 2 aromatic carbocycles. The molecule has 0 spiro atoms. The molecule has 3 atom stereocenters. The topological polar surface area (TPSA) is 127 Å². The molecular weight excluding hydrogens is 480 g/mol. The predicted octanol–water partition coefficient (Wildman–Crippen LogP) is 4.09. The lowest BCUT2D eigenvalue weighted by atomic mass is 9.69. The molecule has 0 radical (unpaired) electrons. The Morgan fingerprint density at radius 1 is 1.14 bits per heavy atom. The number of hydrogen-bond donors (Lipinski definition) is 0. The van der Waals surface area contributed by atoms with Crippen molar-refractivity contribution in [1.82, 2.24) is 0 Å². The number of methoxy groups -OCH3 is 1. The highest BCUT2D eigenvalue weighted by atomic mass is 16.7. The standard InChI is InChI=1S/C27H26N2O8/c1-15-24(27(31)35-9-8-34-2)25(18-12-22-23(37-14-36-22)13-20(18)29(32)33)26-19(28-15)10-17(11-21(26)30)16-6-4-3-5-7-16/h3-7,12-13,17,24-25H,8-11,14H2,1-2H3/t17-,24?,25+/m1/s1. The zero-order valence-electron chi connectivity index (χ0n) is 20.5. The maximum Gasteiger partial charge on any atom is 0.315 e. The van der Waals surface area contributed by atoms with Crippen LogP contribution in [0, 0.1) is 16.0 Å². The molecule has 37 heavy (non-hydrogen) atoms. The summed E-state index contributed by atoms with van der Waals surface area (Å²) >= 11 is 0. The van der Waals surface area contributed by atoms with Crippen LogP contribution in [-0.4, -0.2) is 49.5 Å². The van der Waals surface area contributed by atoms with E-state index in [2.05, 4.69) is 0 Å². The SMILES string of the molecule is COCCOC(=O)C1C(C)=NC2=C(C(=O)C[C@H](c3ccccc3)C2)[C@H]1c1cc2c(cc1[N+](=O)[O-])OCO2. The Balaban J connectivity index is 1.64. The Bertz CT molecular complexity index is 1320. The van der Waals surface area contributed by atoms with E-state index in [0.717, 1.165) is 5.56 Å². The second kappa shape index (κ2) is 10.1. The number of Topliss-reactive ketones (excluding diaryl/α,β-unsaturated/α-hetero) is 1. The smallest absolute Gasteiger partial charge is 0.315 e. The summed E-state index contributed by atoms with van der Waals surface area (Å²) in [5.41, 5.74) is 2.23. The lowest BCUT2D eigenvalue weighted by Gasteiger charge is -2.36. The third kappa shape index (κ3) is 4.60. The van der Waals surface area contributed by atoms with Gasteiger partial charge in [0.25, 0.3) is 5.69 Å². The Morgan fingerprint density at radius 2 is 1.86 bits per heavy atom. The Hall–Kier alpha value is -4.05. The zero-order valence-corrected chi connectivity index (χ0v) is 20.5. The van der Waals surface area contributed by atoms with E-state index in [0.29, 0.717) is 29.2 Å². The third-order valence-corrected chi connectivity index (χ3v) is 7.00. The first-order valence-corrected chi connectivity index (χ1v) is 12.0. The van der Waals surface area contributed by atoms with Crippen LogP contribution in [0.15, 0.2) is 58.7 Å². The Labute approximate surface area is 213 Å². The molecule has 0 saturated heterocycles. The summed E-state index contributed by atoms with van der Waals surface area (Å²) in [6.45, 7) is 1.81. The Morgan fingerprint density at radius 3 is 2.57 bits per heavy atom. The van der Waals surface area contributed by atoms with E-state index in [4.69, 9.17) is 23.9 Å². The quantitative estimate of drug-likeness (QED) is 0.238. The van der Waals surface area contributed by atoms with Gasteiger partial charge in [0.2, 0.25) is 6.79 Å². The van der Waals surface area contributed by atoms with Crippen LogP contribution in [0.2, 0.25) is 0 Å². The minimum atomic E-state index is -1.02. The molecule has 5 rings (SSSR count). The fourth-order valence-corrected chi connectivity index (χ4v) is 5.33. The van der Waals surface area contributed by atoms with Crippen molar-refractivity contribution in [3.8, 4) is 11.5 Å². The highest BCUT2D eigenvalue weighted by molar-refractivity contribution is 6.09. The van der Waals surface area contributed by atoms with Crippen molar-refractivity contribution in [1.29, 1.82) is 0 Å². The predicted molar refractivity (Wildman–Crippen MR) is 132 cm³/mol. The lowest BCUT2D eigenvalue weighted by molar-refractivity contribution is -0.385. The van der Waals surface area contributed by atoms with Gasteiger partial charge in [-0.1, -0.05) is 30.3 Å². The van der Waals surface area contributed by atoms with E-state index in [1.165, 1.54) is 19.2 Å². The molecule has 1 aliphatic carbocycles. The molecule has 0 saturated carbocycles. The number of carbonyl (C=O) groups excluding carboxylic acids is 2. The van der Waals surface area contributed by atoms with E-state index >= 15 is 0 Å². The van der Waals surface area contributed by atoms with E-state index in [-0.39, 0.29) is 55.1 Å². The van der Waals surface area contributed by atoms with Crippen LogP contribution in [0.3, 0.4) is 0 Å². The number of benzene rings is 2. The number of ketones is 1. The maximum atomic E-state index is 13.7. The van der Waals surface area contributed by atoms with Gasteiger partial charge in [0.05, 0.1) is 17.6 Å². The average molecular weight is 507 g/mol. The normalized spacial score (nSPS) is 22.4. The van der Waals surface area contributed by atoms with E-state index < -0.39 is 22.7 Å². The van der Waals surface area contributed by atoms with E-state index in [9.17, 15) is 19.7 Å². The second-order valence-electron chi connectivity index (χ2n) is 9.19. The number of aliphatic imine (C=N–C) groups is 1. The number of fused-ring (bicyclic) bond motifs is 1. The highest BCUT2D eigenvalue weighted by Crippen LogP contribution is 2.51. The number of nitro groups is 1. The molecule has 2 heterocycles. The van der Waals surface area contributed by atoms with Crippen molar-refractivity contribution < 1.29 is 33.5 Å². The van der Waals surface area contributed by atoms with Crippen molar-refractivity contribution in [3.63, 3.8) is 0 Å². The van der Waals surface area contributed by atoms with Gasteiger partial charge in [-0.3, -0.25) is 24.7 Å². The molecule has 2 aliphatic heterocycles. The summed E-state index contributed by atoms with van der Waals surface area (Å²) in [6.07, 6.45) is 0.681. The number of allylic oxidation sites excluding steroid dienone is 2. The van der Waals surface area contributed by atoms with Gasteiger partial charge in [0.15, 0.2) is 17.3 Å². The summed E-state index contributed by atoms with van der Waals surface area (Å²) in [4.78, 5) is 43.4. The van der Waals surface area contributed by atoms with Crippen molar-refractivity contribution >= 4 is 23.2 Å². The maximum absolute atomic E-state index is 13.7. The monoisotopic (exact) mass is 506 g/mol. The van der Waals surface area contributed by atoms with Gasteiger partial charge in [-0.05, 0) is 30.9 Å². The van der Waals surface area contributed by atoms with Crippen molar-refractivity contribution in [3.05, 3.63) is 75.0 Å². The number of esters is 1. The number of rotatable bonds is 7. The van der Waals surface area contributed by atoms with Gasteiger partial charge in [-0.15, -0.1) is 0 Å². The fraction of sp³-hybridized carbons (Fsp3) is 0.370. The number of nitrogens with zero attached hydrogens (tertiary/aromatic N) is 2. The van der Waals surface area contributed by atoms with Crippen molar-refractivity contribution in [2.24, 2.45) is 10.9 Å². The summed E-state index contributed by atoms with van der Waals surface area (Å²) in [7, 11) is 1.49. The second-order valence-corrected chi connectivity index (χ2v) is 9.19. The van der Waals surface area contributed by atoms with Gasteiger partial charge >= 0.3 is 5.97 Å².